The van der Waals surface area contributed by atoms with Crippen LogP contribution >= 0.6 is 0 Å². The van der Waals surface area contributed by atoms with Crippen LogP contribution in [-0.2, 0) is 0 Å². The van der Waals surface area contributed by atoms with Crippen molar-refractivity contribution in [1.82, 2.24) is 14.9 Å². The lowest BCUT2D eigenvalue weighted by molar-refractivity contribution is 0.0949. The number of amides is 1. The number of aromatic nitrogens is 2. The Morgan fingerprint density at radius 2 is 2.08 bits per heavy atom. The summed E-state index contributed by atoms with van der Waals surface area (Å²) in [6.07, 6.45) is 5.09. The number of rotatable bonds is 3. The maximum absolute atomic E-state index is 12.7. The average Bonchev–Trinajstić information content (AvgIpc) is 3.39. The molecule has 2 heterocycles. The molecule has 5 nitrogen and oxygen atoms in total. The summed E-state index contributed by atoms with van der Waals surface area (Å²) in [6.45, 7) is 0. The zero-order valence-electron chi connectivity index (χ0n) is 12.9. The van der Waals surface area contributed by atoms with Crippen molar-refractivity contribution in [2.24, 2.45) is 0 Å². The van der Waals surface area contributed by atoms with E-state index >= 15 is 0 Å². The van der Waals surface area contributed by atoms with Gasteiger partial charge in [0.25, 0.3) is 5.91 Å². The monoisotopic (exact) mass is 315 g/mol. The van der Waals surface area contributed by atoms with Gasteiger partial charge in [0.05, 0.1) is 5.39 Å². The van der Waals surface area contributed by atoms with Crippen molar-refractivity contribution >= 4 is 30.2 Å². The summed E-state index contributed by atoms with van der Waals surface area (Å²) in [5.74, 6) is -0.342. The molecule has 0 bridgehead atoms. The van der Waals surface area contributed by atoms with Crippen LogP contribution in [0.15, 0.2) is 53.6 Å². The molecule has 1 aliphatic carbocycles. The lowest BCUT2D eigenvalue weighted by Gasteiger charge is -2.13. The molecule has 2 aromatic heterocycles. The van der Waals surface area contributed by atoms with E-state index in [2.05, 4.69) is 10.3 Å². The van der Waals surface area contributed by atoms with E-state index in [1.54, 1.807) is 41.2 Å². The molecule has 1 aromatic carbocycles. The number of carbonyl (C=O) groups is 1. The summed E-state index contributed by atoms with van der Waals surface area (Å²) < 4.78 is 1.73. The van der Waals surface area contributed by atoms with E-state index in [0.29, 0.717) is 16.5 Å². The molecule has 4 rings (SSSR count). The van der Waals surface area contributed by atoms with Gasteiger partial charge in [0.1, 0.15) is 19.1 Å². The number of fused-ring (bicyclic) bond motifs is 1. The first-order valence-corrected chi connectivity index (χ1v) is 7.80. The van der Waals surface area contributed by atoms with Gasteiger partial charge in [-0.1, -0.05) is 17.6 Å². The molecule has 1 aliphatic rings. The van der Waals surface area contributed by atoms with E-state index < -0.39 is 0 Å². The van der Waals surface area contributed by atoms with Crippen LogP contribution in [0.3, 0.4) is 0 Å². The van der Waals surface area contributed by atoms with Crippen molar-refractivity contribution in [2.75, 3.05) is 0 Å². The van der Waals surface area contributed by atoms with Crippen molar-refractivity contribution < 1.29 is 4.79 Å². The van der Waals surface area contributed by atoms with Crippen LogP contribution in [0.4, 0.5) is 0 Å². The van der Waals surface area contributed by atoms with Gasteiger partial charge in [0, 0.05) is 24.1 Å². The van der Waals surface area contributed by atoms with Crippen LogP contribution in [0.2, 0.25) is 0 Å². The standard InChI is InChI=1S/C18H14BN3O2/c19-11-3-1-4-13(9-11)22-10-15(18(24)21-12-6-7-12)16(23)14-5-2-8-20-17(14)22/h1-5,8-10,12H,6-7H2,(H,21,24). The highest BCUT2D eigenvalue weighted by Crippen LogP contribution is 2.20. The van der Waals surface area contributed by atoms with E-state index in [0.717, 1.165) is 18.5 Å². The molecule has 0 spiro atoms. The molecule has 0 unspecified atom stereocenters. The summed E-state index contributed by atoms with van der Waals surface area (Å²) in [4.78, 5) is 29.4. The number of benzene rings is 1. The molecule has 0 saturated heterocycles. The highest BCUT2D eigenvalue weighted by atomic mass is 16.2. The number of hydrogen-bond acceptors (Lipinski definition) is 3. The zero-order valence-corrected chi connectivity index (χ0v) is 12.9. The number of carbonyl (C=O) groups excluding carboxylic acids is 1. The van der Waals surface area contributed by atoms with Crippen molar-refractivity contribution in [2.45, 2.75) is 18.9 Å². The Kier molecular flexibility index (Phi) is 3.45. The fourth-order valence-corrected chi connectivity index (χ4v) is 2.68. The van der Waals surface area contributed by atoms with Gasteiger partial charge in [-0.2, -0.15) is 0 Å². The Balaban J connectivity index is 1.96. The molecule has 1 fully saturated rings. The Morgan fingerprint density at radius 3 is 2.83 bits per heavy atom. The number of hydrogen-bond donors (Lipinski definition) is 1. The van der Waals surface area contributed by atoms with E-state index in [-0.39, 0.29) is 22.9 Å². The summed E-state index contributed by atoms with van der Waals surface area (Å²) >= 11 is 0. The molecule has 24 heavy (non-hydrogen) atoms. The third-order valence-electron chi connectivity index (χ3n) is 4.07. The molecule has 1 saturated carbocycles. The number of nitrogens with zero attached hydrogens (tertiary/aromatic N) is 2. The molecule has 0 aliphatic heterocycles. The molecule has 0 atom stereocenters. The van der Waals surface area contributed by atoms with Crippen LogP contribution < -0.4 is 16.2 Å². The van der Waals surface area contributed by atoms with Crippen LogP contribution in [0.5, 0.6) is 0 Å². The molecule has 6 heteroatoms. The normalized spacial score (nSPS) is 13.8. The van der Waals surface area contributed by atoms with E-state index in [9.17, 15) is 9.59 Å². The smallest absolute Gasteiger partial charge is 0.257 e. The second kappa shape index (κ2) is 5.63. The maximum Gasteiger partial charge on any atom is 0.257 e. The summed E-state index contributed by atoms with van der Waals surface area (Å²) in [5.41, 5.74) is 1.65. The third kappa shape index (κ3) is 2.60. The van der Waals surface area contributed by atoms with Crippen molar-refractivity contribution in [3.8, 4) is 5.69 Å². The highest BCUT2D eigenvalue weighted by Gasteiger charge is 2.25. The van der Waals surface area contributed by atoms with Crippen LogP contribution in [0.25, 0.3) is 16.7 Å². The third-order valence-corrected chi connectivity index (χ3v) is 4.07. The molecule has 2 radical (unpaired) electrons. The second-order valence-corrected chi connectivity index (χ2v) is 5.96. The van der Waals surface area contributed by atoms with Gasteiger partial charge in [-0.15, -0.1) is 0 Å². The summed E-state index contributed by atoms with van der Waals surface area (Å²) in [6, 6.07) is 10.8. The van der Waals surface area contributed by atoms with Gasteiger partial charge in [-0.25, -0.2) is 4.98 Å². The Labute approximate surface area is 139 Å². The SMILES string of the molecule is [B]c1cccc(-n2cc(C(=O)NC3CC3)c(=O)c3cccnc32)c1. The molecule has 1 N–H and O–H groups in total. The lowest BCUT2D eigenvalue weighted by atomic mass is 9.96. The quantitative estimate of drug-likeness (QED) is 0.736. The van der Waals surface area contributed by atoms with Crippen LogP contribution in [0.1, 0.15) is 23.2 Å². The van der Waals surface area contributed by atoms with Crippen molar-refractivity contribution in [3.05, 3.63) is 64.6 Å². The average molecular weight is 315 g/mol. The summed E-state index contributed by atoms with van der Waals surface area (Å²) in [5, 5.41) is 3.27. The van der Waals surface area contributed by atoms with E-state index in [1.165, 1.54) is 0 Å². The first-order chi connectivity index (χ1) is 11.6. The lowest BCUT2D eigenvalue weighted by Crippen LogP contribution is -2.31. The van der Waals surface area contributed by atoms with Crippen molar-refractivity contribution in [3.63, 3.8) is 0 Å². The maximum atomic E-state index is 12.7. The Hall–Kier alpha value is -2.89. The van der Waals surface area contributed by atoms with Crippen molar-refractivity contribution in [1.29, 1.82) is 0 Å². The fourth-order valence-electron chi connectivity index (χ4n) is 2.68. The topological polar surface area (TPSA) is 64.0 Å². The zero-order chi connectivity index (χ0) is 16.7. The molecular weight excluding hydrogens is 301 g/mol. The second-order valence-electron chi connectivity index (χ2n) is 5.96. The largest absolute Gasteiger partial charge is 0.349 e. The molecule has 3 aromatic rings. The highest BCUT2D eigenvalue weighted by molar-refractivity contribution is 6.32. The van der Waals surface area contributed by atoms with Gasteiger partial charge >= 0.3 is 0 Å². The van der Waals surface area contributed by atoms with Gasteiger partial charge in [-0.3, -0.25) is 9.59 Å². The first-order valence-electron chi connectivity index (χ1n) is 7.80. The fraction of sp³-hybridized carbons (Fsp3) is 0.167. The minimum absolute atomic E-state index is 0.116. The van der Waals surface area contributed by atoms with Gasteiger partial charge in [0.15, 0.2) is 0 Å². The Morgan fingerprint density at radius 1 is 1.25 bits per heavy atom. The predicted molar refractivity (Wildman–Crippen MR) is 93.2 cm³/mol. The summed E-state index contributed by atoms with van der Waals surface area (Å²) in [7, 11) is 5.87. The molecule has 116 valence electrons. The minimum atomic E-state index is -0.342. The van der Waals surface area contributed by atoms with E-state index in [4.69, 9.17) is 7.85 Å². The van der Waals surface area contributed by atoms with Gasteiger partial charge in [0.2, 0.25) is 5.43 Å². The Bertz CT molecular complexity index is 1010. The van der Waals surface area contributed by atoms with Gasteiger partial charge in [-0.05, 0) is 37.1 Å². The van der Waals surface area contributed by atoms with Crippen LogP contribution in [0, 0.1) is 0 Å². The number of nitrogens with one attached hydrogen (secondary N) is 1. The predicted octanol–water partition coefficient (Wildman–Crippen LogP) is 1.07. The number of pyridine rings is 2. The minimum Gasteiger partial charge on any atom is -0.349 e. The molecule has 1 amide bonds. The van der Waals surface area contributed by atoms with Crippen LogP contribution in [-0.4, -0.2) is 29.3 Å². The van der Waals surface area contributed by atoms with E-state index in [1.807, 2.05) is 12.1 Å². The van der Waals surface area contributed by atoms with Gasteiger partial charge < -0.3 is 9.88 Å². The molecular formula is C18H14BN3O2. The first kappa shape index (κ1) is 14.7.